The lowest BCUT2D eigenvalue weighted by Gasteiger charge is -2.21. The molecule has 0 spiro atoms. The summed E-state index contributed by atoms with van der Waals surface area (Å²) in [6, 6.07) is 0. The predicted molar refractivity (Wildman–Crippen MR) is 44.2 cm³/mol. The maximum atomic E-state index is 8.74. The van der Waals surface area contributed by atoms with Crippen molar-refractivity contribution in [1.29, 1.82) is 0 Å². The Labute approximate surface area is 72.6 Å². The number of hydrogen-bond acceptors (Lipinski definition) is 3. The molecule has 0 saturated carbocycles. The summed E-state index contributed by atoms with van der Waals surface area (Å²) < 4.78 is 32.4. The van der Waals surface area contributed by atoms with Crippen molar-refractivity contribution in [3.8, 4) is 0 Å². The van der Waals surface area contributed by atoms with Crippen molar-refractivity contribution in [2.45, 2.75) is 0 Å². The van der Waals surface area contributed by atoms with Gasteiger partial charge in [0.15, 0.2) is 0 Å². The maximum Gasteiger partial charge on any atom is 0.394 e. The van der Waals surface area contributed by atoms with Gasteiger partial charge in [0.25, 0.3) is 0 Å². The maximum absolute atomic E-state index is 8.74. The van der Waals surface area contributed by atoms with Crippen molar-refractivity contribution in [2.24, 2.45) is 0 Å². The third-order valence-electron chi connectivity index (χ3n) is 0.771. The van der Waals surface area contributed by atoms with Gasteiger partial charge in [-0.3, -0.25) is 9.11 Å². The summed E-state index contributed by atoms with van der Waals surface area (Å²) in [6.07, 6.45) is 0. The van der Waals surface area contributed by atoms with Crippen LogP contribution in [0.4, 0.5) is 0 Å². The lowest BCUT2D eigenvalue weighted by molar-refractivity contribution is -0.870. The van der Waals surface area contributed by atoms with Gasteiger partial charge in [0, 0.05) is 0 Å². The van der Waals surface area contributed by atoms with Crippen LogP contribution < -0.4 is 0 Å². The zero-order chi connectivity index (χ0) is 10.4. The molecule has 0 unspecified atom stereocenters. The molecule has 0 radical (unpaired) electrons. The number of hydrogen-bond donors (Lipinski definition) is 3. The molecule has 76 valence electrons. The topological polar surface area (TPSA) is 94.8 Å². The second-order valence-electron chi connectivity index (χ2n) is 3.19. The van der Waals surface area contributed by atoms with E-state index in [2.05, 4.69) is 21.1 Å². The summed E-state index contributed by atoms with van der Waals surface area (Å²) in [5.74, 6) is 0. The fourth-order valence-corrected chi connectivity index (χ4v) is 0.300. The van der Waals surface area contributed by atoms with Crippen LogP contribution in [0.2, 0.25) is 0 Å². The van der Waals surface area contributed by atoms with Crippen LogP contribution in [0, 0.1) is 0 Å². The molecule has 0 aliphatic carbocycles. The van der Waals surface area contributed by atoms with Gasteiger partial charge in [0.1, 0.15) is 6.54 Å². The van der Waals surface area contributed by atoms with Crippen LogP contribution in [-0.4, -0.2) is 61.4 Å². The standard InChI is InChI=1S/C5H14NO.H2O4S/c1-6(2,3)4-5-7;1-5(2,3)4/h7H,4-5H2,1-3H3;(H2,1,2,3,4)/q+1;. The van der Waals surface area contributed by atoms with E-state index in [9.17, 15) is 0 Å². The zero-order valence-corrected chi connectivity index (χ0v) is 8.24. The second kappa shape index (κ2) is 5.44. The van der Waals surface area contributed by atoms with E-state index in [0.29, 0.717) is 0 Å². The molecule has 6 nitrogen and oxygen atoms in total. The van der Waals surface area contributed by atoms with Crippen molar-refractivity contribution in [3.05, 3.63) is 0 Å². The molecule has 0 heterocycles. The first-order chi connectivity index (χ1) is 5.06. The first kappa shape index (κ1) is 14.3. The van der Waals surface area contributed by atoms with E-state index in [1.54, 1.807) is 0 Å². The van der Waals surface area contributed by atoms with Crippen molar-refractivity contribution in [3.63, 3.8) is 0 Å². The van der Waals surface area contributed by atoms with E-state index in [-0.39, 0.29) is 6.61 Å². The molecule has 0 bridgehead atoms. The van der Waals surface area contributed by atoms with E-state index in [0.717, 1.165) is 11.0 Å². The summed E-state index contributed by atoms with van der Waals surface area (Å²) in [5.41, 5.74) is 0. The molecule has 0 amide bonds. The minimum Gasteiger partial charge on any atom is -0.391 e. The third kappa shape index (κ3) is 52.7. The number of rotatable bonds is 2. The Bertz CT molecular complexity index is 184. The van der Waals surface area contributed by atoms with Crippen LogP contribution >= 0.6 is 0 Å². The van der Waals surface area contributed by atoms with Crippen molar-refractivity contribution >= 4 is 10.4 Å². The highest BCUT2D eigenvalue weighted by molar-refractivity contribution is 7.79. The SMILES string of the molecule is C[N+](C)(C)CCO.O=S(=O)(O)O. The smallest absolute Gasteiger partial charge is 0.391 e. The quantitative estimate of drug-likeness (QED) is 0.395. The summed E-state index contributed by atoms with van der Waals surface area (Å²) >= 11 is 0. The Balaban J connectivity index is 0. The largest absolute Gasteiger partial charge is 0.394 e. The van der Waals surface area contributed by atoms with E-state index >= 15 is 0 Å². The van der Waals surface area contributed by atoms with Gasteiger partial charge in [0.2, 0.25) is 0 Å². The Hall–Kier alpha value is -0.210. The number of aliphatic hydroxyl groups is 1. The van der Waals surface area contributed by atoms with Gasteiger partial charge in [-0.15, -0.1) is 0 Å². The van der Waals surface area contributed by atoms with Gasteiger partial charge in [-0.1, -0.05) is 0 Å². The molecule has 3 N–H and O–H groups in total. The van der Waals surface area contributed by atoms with Gasteiger partial charge in [-0.05, 0) is 0 Å². The fraction of sp³-hybridized carbons (Fsp3) is 1.00. The molecule has 0 aromatic rings. The van der Waals surface area contributed by atoms with Crippen LogP contribution in [0.1, 0.15) is 0 Å². The van der Waals surface area contributed by atoms with Crippen molar-refractivity contribution in [2.75, 3.05) is 34.3 Å². The number of aliphatic hydroxyl groups excluding tert-OH is 1. The lowest BCUT2D eigenvalue weighted by atomic mass is 10.5. The third-order valence-corrected chi connectivity index (χ3v) is 0.771. The number of likely N-dealkylation sites (N-methyl/N-ethyl adjacent to an activating group) is 1. The molecular weight excluding hydrogens is 186 g/mol. The zero-order valence-electron chi connectivity index (χ0n) is 7.43. The first-order valence-corrected chi connectivity index (χ1v) is 4.57. The van der Waals surface area contributed by atoms with Crippen LogP contribution in [0.3, 0.4) is 0 Å². The predicted octanol–water partition coefficient (Wildman–Crippen LogP) is -0.968. The molecule has 0 aliphatic rings. The summed E-state index contributed by atoms with van der Waals surface area (Å²) in [5, 5.41) is 8.39. The van der Waals surface area contributed by atoms with Crippen LogP contribution in [0.25, 0.3) is 0 Å². The molecule has 0 aromatic heterocycles. The molecule has 0 atom stereocenters. The average molecular weight is 202 g/mol. The van der Waals surface area contributed by atoms with E-state index in [1.165, 1.54) is 0 Å². The van der Waals surface area contributed by atoms with Gasteiger partial charge in [-0.25, -0.2) is 0 Å². The molecular formula is C5H16NO5S+. The van der Waals surface area contributed by atoms with Crippen LogP contribution in [0.15, 0.2) is 0 Å². The van der Waals surface area contributed by atoms with Gasteiger partial charge in [-0.2, -0.15) is 8.42 Å². The van der Waals surface area contributed by atoms with E-state index < -0.39 is 10.4 Å². The monoisotopic (exact) mass is 202 g/mol. The molecule has 0 aliphatic heterocycles. The Morgan fingerprint density at radius 2 is 1.42 bits per heavy atom. The Morgan fingerprint density at radius 1 is 1.17 bits per heavy atom. The van der Waals surface area contributed by atoms with Crippen LogP contribution in [0.5, 0.6) is 0 Å². The van der Waals surface area contributed by atoms with Gasteiger partial charge in [0.05, 0.1) is 27.7 Å². The normalized spacial score (nSPS) is 11.8. The lowest BCUT2D eigenvalue weighted by Crippen LogP contribution is -2.36. The summed E-state index contributed by atoms with van der Waals surface area (Å²) in [7, 11) is 1.49. The minimum atomic E-state index is -4.67. The average Bonchev–Trinajstić information content (AvgIpc) is 1.54. The summed E-state index contributed by atoms with van der Waals surface area (Å²) in [6.45, 7) is 1.11. The fourth-order valence-electron chi connectivity index (χ4n) is 0.300. The number of quaternary nitrogens is 1. The van der Waals surface area contributed by atoms with Gasteiger partial charge < -0.3 is 9.59 Å². The number of nitrogens with zero attached hydrogens (tertiary/aromatic N) is 1. The van der Waals surface area contributed by atoms with E-state index in [1.807, 2.05) is 0 Å². The Morgan fingerprint density at radius 3 is 1.42 bits per heavy atom. The van der Waals surface area contributed by atoms with Gasteiger partial charge >= 0.3 is 10.4 Å². The molecule has 7 heteroatoms. The first-order valence-electron chi connectivity index (χ1n) is 3.17. The summed E-state index contributed by atoms with van der Waals surface area (Å²) in [4.78, 5) is 0. The molecule has 0 saturated heterocycles. The molecule has 12 heavy (non-hydrogen) atoms. The van der Waals surface area contributed by atoms with Crippen LogP contribution in [-0.2, 0) is 10.4 Å². The molecule has 0 fully saturated rings. The molecule has 0 aromatic carbocycles. The van der Waals surface area contributed by atoms with Crippen molar-refractivity contribution < 1.29 is 27.1 Å². The minimum absolute atomic E-state index is 0.281. The highest BCUT2D eigenvalue weighted by Gasteiger charge is 2.02. The Kier molecular flexibility index (Phi) is 6.49. The van der Waals surface area contributed by atoms with E-state index in [4.69, 9.17) is 22.6 Å². The highest BCUT2D eigenvalue weighted by atomic mass is 32.3. The molecule has 0 rings (SSSR count). The second-order valence-corrected chi connectivity index (χ2v) is 4.08. The van der Waals surface area contributed by atoms with Crippen molar-refractivity contribution in [1.82, 2.24) is 0 Å². The highest BCUT2D eigenvalue weighted by Crippen LogP contribution is 1.84.